The lowest BCUT2D eigenvalue weighted by Crippen LogP contribution is -2.07. The number of methoxy groups -OCH3 is 1. The van der Waals surface area contributed by atoms with Crippen LogP contribution in [0, 0.1) is 0 Å². The first kappa shape index (κ1) is 14.5. The van der Waals surface area contributed by atoms with Gasteiger partial charge in [0.15, 0.2) is 0 Å². The number of rotatable bonds is 6. The maximum Gasteiger partial charge on any atom is 0.213 e. The Kier molecular flexibility index (Phi) is 3.74. The molecule has 4 rings (SSSR count). The number of benzene rings is 1. The highest BCUT2D eigenvalue weighted by atomic mass is 16.5. The Hall–Kier alpha value is -3.09. The minimum absolute atomic E-state index is 0.546. The van der Waals surface area contributed by atoms with Crippen molar-refractivity contribution < 1.29 is 4.74 Å². The van der Waals surface area contributed by atoms with Gasteiger partial charge in [-0.1, -0.05) is 6.07 Å². The van der Waals surface area contributed by atoms with E-state index < -0.39 is 0 Å². The van der Waals surface area contributed by atoms with Crippen molar-refractivity contribution in [3.8, 4) is 11.6 Å². The Bertz CT molecular complexity index is 842. The van der Waals surface area contributed by atoms with Gasteiger partial charge in [0.1, 0.15) is 23.7 Å². The second-order valence-electron chi connectivity index (χ2n) is 5.66. The van der Waals surface area contributed by atoms with Crippen molar-refractivity contribution in [2.75, 3.05) is 17.7 Å². The van der Waals surface area contributed by atoms with Crippen LogP contribution in [-0.2, 0) is 0 Å². The van der Waals surface area contributed by atoms with Crippen LogP contribution >= 0.6 is 0 Å². The molecule has 0 spiro atoms. The molecule has 0 saturated heterocycles. The van der Waals surface area contributed by atoms with Crippen LogP contribution in [0.5, 0.6) is 5.75 Å². The van der Waals surface area contributed by atoms with Crippen LogP contribution in [0.2, 0.25) is 0 Å². The van der Waals surface area contributed by atoms with Crippen LogP contribution in [0.25, 0.3) is 5.82 Å². The van der Waals surface area contributed by atoms with E-state index >= 15 is 0 Å². The molecule has 24 heavy (non-hydrogen) atoms. The van der Waals surface area contributed by atoms with Gasteiger partial charge >= 0.3 is 0 Å². The van der Waals surface area contributed by atoms with Gasteiger partial charge in [-0.05, 0) is 25.0 Å². The van der Waals surface area contributed by atoms with E-state index in [1.165, 1.54) is 12.8 Å². The lowest BCUT2D eigenvalue weighted by molar-refractivity contribution is 0.415. The molecular formula is C17H18N6O. The number of imidazole rings is 1. The smallest absolute Gasteiger partial charge is 0.213 e. The Balaban J connectivity index is 1.59. The average molecular weight is 322 g/mol. The van der Waals surface area contributed by atoms with Crippen LogP contribution in [0.4, 0.5) is 17.5 Å². The van der Waals surface area contributed by atoms with Crippen molar-refractivity contribution >= 4 is 17.5 Å². The molecular weight excluding hydrogens is 304 g/mol. The van der Waals surface area contributed by atoms with Crippen molar-refractivity contribution in [2.24, 2.45) is 0 Å². The normalized spacial score (nSPS) is 13.5. The van der Waals surface area contributed by atoms with Gasteiger partial charge in [0.05, 0.1) is 7.11 Å². The molecule has 1 saturated carbocycles. The first-order valence-corrected chi connectivity index (χ1v) is 7.85. The molecule has 2 heterocycles. The van der Waals surface area contributed by atoms with Crippen LogP contribution in [0.15, 0.2) is 49.1 Å². The lowest BCUT2D eigenvalue weighted by atomic mass is 10.3. The molecule has 0 bridgehead atoms. The largest absolute Gasteiger partial charge is 0.497 e. The average Bonchev–Trinajstić information content (AvgIpc) is 3.31. The highest BCUT2D eigenvalue weighted by Crippen LogP contribution is 2.25. The molecule has 1 aliphatic carbocycles. The summed E-state index contributed by atoms with van der Waals surface area (Å²) in [7, 11) is 1.65. The molecule has 0 radical (unpaired) electrons. The number of ether oxygens (including phenoxy) is 1. The van der Waals surface area contributed by atoms with Gasteiger partial charge in [-0.3, -0.25) is 4.57 Å². The number of aromatic nitrogens is 4. The molecule has 0 amide bonds. The molecule has 7 nitrogen and oxygen atoms in total. The summed E-state index contributed by atoms with van der Waals surface area (Å²) in [6.45, 7) is 0. The Labute approximate surface area is 139 Å². The van der Waals surface area contributed by atoms with E-state index in [0.717, 1.165) is 23.1 Å². The summed E-state index contributed by atoms with van der Waals surface area (Å²) in [5, 5.41) is 6.67. The van der Waals surface area contributed by atoms with Crippen molar-refractivity contribution in [1.29, 1.82) is 0 Å². The standard InChI is InChI=1S/C17H18N6O/c1-24-14-4-2-3-13(9-14)22-17-18-7-8-23(17)16-10-15(19-11-20-16)21-12-5-6-12/h2-4,7-12H,5-6H2,1H3,(H,18,22)(H,19,20,21). The maximum absolute atomic E-state index is 5.25. The fourth-order valence-electron chi connectivity index (χ4n) is 2.41. The Morgan fingerprint density at radius 3 is 2.92 bits per heavy atom. The molecule has 2 N–H and O–H groups in total. The molecule has 122 valence electrons. The summed E-state index contributed by atoms with van der Waals surface area (Å²) in [4.78, 5) is 13.0. The molecule has 7 heteroatoms. The van der Waals surface area contributed by atoms with E-state index in [-0.39, 0.29) is 0 Å². The van der Waals surface area contributed by atoms with Crippen molar-refractivity contribution in [1.82, 2.24) is 19.5 Å². The molecule has 1 fully saturated rings. The van der Waals surface area contributed by atoms with Gasteiger partial charge in [0.25, 0.3) is 0 Å². The molecule has 0 aliphatic heterocycles. The molecule has 2 aromatic heterocycles. The number of hydrogen-bond donors (Lipinski definition) is 2. The van der Waals surface area contributed by atoms with Gasteiger partial charge in [-0.15, -0.1) is 0 Å². The summed E-state index contributed by atoms with van der Waals surface area (Å²) in [5.74, 6) is 3.06. The number of nitrogens with one attached hydrogen (secondary N) is 2. The van der Waals surface area contributed by atoms with Gasteiger partial charge in [-0.2, -0.15) is 0 Å². The van der Waals surface area contributed by atoms with Gasteiger partial charge in [0.2, 0.25) is 5.95 Å². The van der Waals surface area contributed by atoms with Gasteiger partial charge in [-0.25, -0.2) is 15.0 Å². The third-order valence-corrected chi connectivity index (χ3v) is 3.80. The molecule has 0 unspecified atom stereocenters. The van der Waals surface area contributed by atoms with Crippen molar-refractivity contribution in [2.45, 2.75) is 18.9 Å². The summed E-state index contributed by atoms with van der Waals surface area (Å²) >= 11 is 0. The predicted octanol–water partition coefficient (Wildman–Crippen LogP) is 2.99. The van der Waals surface area contributed by atoms with Crippen LogP contribution in [0.3, 0.4) is 0 Å². The molecule has 0 atom stereocenters. The third-order valence-electron chi connectivity index (χ3n) is 3.80. The number of nitrogens with zero attached hydrogens (tertiary/aromatic N) is 4. The highest BCUT2D eigenvalue weighted by Gasteiger charge is 2.21. The number of hydrogen-bond acceptors (Lipinski definition) is 6. The monoisotopic (exact) mass is 322 g/mol. The zero-order valence-corrected chi connectivity index (χ0v) is 13.3. The first-order valence-electron chi connectivity index (χ1n) is 7.85. The summed E-state index contributed by atoms with van der Waals surface area (Å²) < 4.78 is 7.14. The van der Waals surface area contributed by atoms with Crippen LogP contribution in [-0.4, -0.2) is 32.7 Å². The SMILES string of the molecule is COc1cccc(Nc2nccn2-c2cc(NC3CC3)ncn2)c1. The molecule has 1 aliphatic rings. The zero-order chi connectivity index (χ0) is 16.4. The van der Waals surface area contributed by atoms with Crippen LogP contribution in [0.1, 0.15) is 12.8 Å². The Morgan fingerprint density at radius 2 is 2.08 bits per heavy atom. The maximum atomic E-state index is 5.25. The minimum Gasteiger partial charge on any atom is -0.497 e. The second kappa shape index (κ2) is 6.19. The van der Waals surface area contributed by atoms with E-state index in [2.05, 4.69) is 25.6 Å². The second-order valence-corrected chi connectivity index (χ2v) is 5.66. The van der Waals surface area contributed by atoms with E-state index in [1.54, 1.807) is 19.6 Å². The van der Waals surface area contributed by atoms with E-state index in [0.29, 0.717) is 12.0 Å². The highest BCUT2D eigenvalue weighted by molar-refractivity contribution is 5.58. The van der Waals surface area contributed by atoms with Gasteiger partial charge in [0, 0.05) is 36.3 Å². The first-order chi connectivity index (χ1) is 11.8. The summed E-state index contributed by atoms with van der Waals surface area (Å²) in [6.07, 6.45) is 7.57. The van der Waals surface area contributed by atoms with E-state index in [1.807, 2.05) is 41.1 Å². The Morgan fingerprint density at radius 1 is 1.17 bits per heavy atom. The van der Waals surface area contributed by atoms with Crippen molar-refractivity contribution in [3.05, 3.63) is 49.1 Å². The number of anilines is 3. The van der Waals surface area contributed by atoms with E-state index in [9.17, 15) is 0 Å². The lowest BCUT2D eigenvalue weighted by Gasteiger charge is -2.11. The predicted molar refractivity (Wildman–Crippen MR) is 92.1 cm³/mol. The van der Waals surface area contributed by atoms with Gasteiger partial charge < -0.3 is 15.4 Å². The fraction of sp³-hybridized carbons (Fsp3) is 0.235. The minimum atomic E-state index is 0.546. The zero-order valence-electron chi connectivity index (χ0n) is 13.3. The summed E-state index contributed by atoms with van der Waals surface area (Å²) in [6, 6.07) is 10.2. The van der Waals surface area contributed by atoms with Crippen LogP contribution < -0.4 is 15.4 Å². The molecule has 1 aromatic carbocycles. The quantitative estimate of drug-likeness (QED) is 0.726. The third kappa shape index (κ3) is 3.15. The fourth-order valence-corrected chi connectivity index (χ4v) is 2.41. The van der Waals surface area contributed by atoms with E-state index in [4.69, 9.17) is 4.74 Å². The molecule has 3 aromatic rings. The topological polar surface area (TPSA) is 76.9 Å². The summed E-state index contributed by atoms with van der Waals surface area (Å²) in [5.41, 5.74) is 0.896. The van der Waals surface area contributed by atoms with Crippen molar-refractivity contribution in [3.63, 3.8) is 0 Å².